The first kappa shape index (κ1) is 16.6. The van der Waals surface area contributed by atoms with Gasteiger partial charge >= 0.3 is 0 Å². The topological polar surface area (TPSA) is 50.8 Å². The van der Waals surface area contributed by atoms with Crippen molar-refractivity contribution in [3.8, 4) is 11.5 Å². The van der Waals surface area contributed by atoms with Gasteiger partial charge in [0.1, 0.15) is 0 Å². The molecule has 0 radical (unpaired) electrons. The minimum Gasteiger partial charge on any atom is -0.490 e. The fourth-order valence-corrected chi connectivity index (χ4v) is 2.18. The molecule has 0 saturated heterocycles. The van der Waals surface area contributed by atoms with E-state index < -0.39 is 6.10 Å². The molecule has 0 heterocycles. The average molecular weight is 306 g/mol. The summed E-state index contributed by atoms with van der Waals surface area (Å²) in [5.41, 5.74) is 1.16. The molecule has 1 fully saturated rings. The van der Waals surface area contributed by atoms with E-state index in [9.17, 15) is 4.79 Å². The molecule has 0 aromatic heterocycles. The third kappa shape index (κ3) is 4.63. The van der Waals surface area contributed by atoms with Crippen LogP contribution in [0.2, 0.25) is 0 Å². The van der Waals surface area contributed by atoms with Gasteiger partial charge in [0.2, 0.25) is 0 Å². The van der Waals surface area contributed by atoms with E-state index in [1.165, 1.54) is 17.7 Å². The van der Waals surface area contributed by atoms with Crippen LogP contribution in [-0.2, 0) is 11.3 Å². The van der Waals surface area contributed by atoms with Crippen molar-refractivity contribution >= 4 is 5.91 Å². The van der Waals surface area contributed by atoms with E-state index in [0.29, 0.717) is 24.1 Å². The quantitative estimate of drug-likeness (QED) is 0.800. The van der Waals surface area contributed by atoms with Crippen molar-refractivity contribution < 1.29 is 14.3 Å². The molecular formula is C17H26N2O3. The largest absolute Gasteiger partial charge is 0.490 e. The molecule has 0 aliphatic heterocycles. The number of carbonyl (C=O) groups excluding carboxylic acids is 1. The van der Waals surface area contributed by atoms with Crippen molar-refractivity contribution in [1.29, 1.82) is 0 Å². The van der Waals surface area contributed by atoms with Crippen molar-refractivity contribution in [3.05, 3.63) is 23.8 Å². The zero-order valence-corrected chi connectivity index (χ0v) is 13.9. The predicted octanol–water partition coefficient (Wildman–Crippen LogP) is 2.19. The highest BCUT2D eigenvalue weighted by molar-refractivity contribution is 5.80. The Labute approximate surface area is 132 Å². The maximum atomic E-state index is 11.9. The second-order valence-corrected chi connectivity index (χ2v) is 5.86. The van der Waals surface area contributed by atoms with E-state index in [4.69, 9.17) is 9.47 Å². The van der Waals surface area contributed by atoms with Crippen LogP contribution in [-0.4, -0.2) is 43.7 Å². The molecule has 1 aliphatic carbocycles. The van der Waals surface area contributed by atoms with Crippen LogP contribution in [0.3, 0.4) is 0 Å². The Morgan fingerprint density at radius 1 is 1.36 bits per heavy atom. The summed E-state index contributed by atoms with van der Waals surface area (Å²) in [5, 5.41) is 3.48. The van der Waals surface area contributed by atoms with Crippen LogP contribution >= 0.6 is 0 Å². The van der Waals surface area contributed by atoms with Crippen LogP contribution in [0, 0.1) is 0 Å². The Morgan fingerprint density at radius 2 is 2.09 bits per heavy atom. The number of nitrogens with zero attached hydrogens (tertiary/aromatic N) is 1. The summed E-state index contributed by atoms with van der Waals surface area (Å²) in [5.74, 6) is 1.23. The van der Waals surface area contributed by atoms with Crippen LogP contribution in [0.25, 0.3) is 0 Å². The number of rotatable bonds is 8. The molecule has 0 bridgehead atoms. The number of hydrogen-bond donors (Lipinski definition) is 1. The number of benzene rings is 1. The van der Waals surface area contributed by atoms with E-state index in [-0.39, 0.29) is 5.91 Å². The van der Waals surface area contributed by atoms with E-state index in [1.54, 1.807) is 21.0 Å². The molecule has 122 valence electrons. The van der Waals surface area contributed by atoms with Crippen LogP contribution < -0.4 is 14.8 Å². The van der Waals surface area contributed by atoms with Gasteiger partial charge < -0.3 is 19.7 Å². The summed E-state index contributed by atoms with van der Waals surface area (Å²) in [6, 6.07) is 6.55. The van der Waals surface area contributed by atoms with Gasteiger partial charge in [-0.15, -0.1) is 0 Å². The van der Waals surface area contributed by atoms with Gasteiger partial charge in [0.05, 0.1) is 6.61 Å². The molecule has 1 N–H and O–H groups in total. The van der Waals surface area contributed by atoms with Crippen molar-refractivity contribution in [2.45, 2.75) is 45.4 Å². The van der Waals surface area contributed by atoms with Crippen molar-refractivity contribution in [2.75, 3.05) is 20.7 Å². The molecule has 2 rings (SSSR count). The van der Waals surface area contributed by atoms with Gasteiger partial charge in [-0.25, -0.2) is 0 Å². The summed E-state index contributed by atoms with van der Waals surface area (Å²) >= 11 is 0. The molecule has 5 nitrogen and oxygen atoms in total. The van der Waals surface area contributed by atoms with Crippen LogP contribution in [0.5, 0.6) is 11.5 Å². The van der Waals surface area contributed by atoms with Gasteiger partial charge in [0.25, 0.3) is 5.91 Å². The molecular weight excluding hydrogens is 280 g/mol. The Hall–Kier alpha value is -1.75. The molecule has 1 unspecified atom stereocenters. The number of carbonyl (C=O) groups is 1. The number of nitrogens with one attached hydrogen (secondary N) is 1. The summed E-state index contributed by atoms with van der Waals surface area (Å²) in [7, 11) is 3.44. The number of hydrogen-bond acceptors (Lipinski definition) is 4. The maximum absolute atomic E-state index is 11.9. The number of likely N-dealkylation sites (N-methyl/N-ethyl adjacent to an activating group) is 1. The molecule has 1 aromatic rings. The first-order valence-corrected chi connectivity index (χ1v) is 7.88. The lowest BCUT2D eigenvalue weighted by atomic mass is 10.2. The summed E-state index contributed by atoms with van der Waals surface area (Å²) < 4.78 is 11.4. The second-order valence-electron chi connectivity index (χ2n) is 5.86. The van der Waals surface area contributed by atoms with Crippen molar-refractivity contribution in [3.63, 3.8) is 0 Å². The van der Waals surface area contributed by atoms with E-state index >= 15 is 0 Å². The highest BCUT2D eigenvalue weighted by atomic mass is 16.5. The first-order valence-electron chi connectivity index (χ1n) is 7.88. The summed E-state index contributed by atoms with van der Waals surface area (Å²) in [6.45, 7) is 5.08. The molecule has 1 atom stereocenters. The van der Waals surface area contributed by atoms with Crippen LogP contribution in [0.15, 0.2) is 18.2 Å². The lowest BCUT2D eigenvalue weighted by molar-refractivity contribution is -0.135. The Balaban J connectivity index is 2.06. The third-order valence-electron chi connectivity index (χ3n) is 3.57. The van der Waals surface area contributed by atoms with Gasteiger partial charge in [-0.1, -0.05) is 6.07 Å². The zero-order valence-electron chi connectivity index (χ0n) is 13.9. The number of ether oxygens (including phenoxy) is 2. The van der Waals surface area contributed by atoms with Crippen molar-refractivity contribution in [1.82, 2.24) is 10.2 Å². The van der Waals surface area contributed by atoms with E-state index in [0.717, 1.165) is 12.1 Å². The predicted molar refractivity (Wildman–Crippen MR) is 86.3 cm³/mol. The standard InChI is InChI=1S/C17H26N2O3/c1-5-21-16-10-13(11-18-14-7-8-14)6-9-15(16)22-12(2)17(20)19(3)4/h6,9-10,12,14,18H,5,7-8,11H2,1-4H3. The first-order chi connectivity index (χ1) is 10.5. The highest BCUT2D eigenvalue weighted by Gasteiger charge is 2.21. The zero-order chi connectivity index (χ0) is 16.1. The van der Waals surface area contributed by atoms with Crippen LogP contribution in [0.1, 0.15) is 32.3 Å². The molecule has 1 amide bonds. The fourth-order valence-electron chi connectivity index (χ4n) is 2.18. The average Bonchev–Trinajstić information content (AvgIpc) is 3.30. The fraction of sp³-hybridized carbons (Fsp3) is 0.588. The highest BCUT2D eigenvalue weighted by Crippen LogP contribution is 2.30. The van der Waals surface area contributed by atoms with Gasteiger partial charge in [0.15, 0.2) is 17.6 Å². The minimum atomic E-state index is -0.537. The Morgan fingerprint density at radius 3 is 2.68 bits per heavy atom. The Bertz CT molecular complexity index is 513. The third-order valence-corrected chi connectivity index (χ3v) is 3.57. The van der Waals surface area contributed by atoms with Crippen molar-refractivity contribution in [2.24, 2.45) is 0 Å². The normalized spacial score (nSPS) is 15.3. The molecule has 0 spiro atoms. The van der Waals surface area contributed by atoms with Crippen LogP contribution in [0.4, 0.5) is 0 Å². The summed E-state index contributed by atoms with van der Waals surface area (Å²) in [4.78, 5) is 13.4. The van der Waals surface area contributed by atoms with Gasteiger partial charge in [0, 0.05) is 26.7 Å². The molecule has 1 saturated carbocycles. The second kappa shape index (κ2) is 7.49. The van der Waals surface area contributed by atoms with Gasteiger partial charge in [-0.05, 0) is 44.4 Å². The maximum Gasteiger partial charge on any atom is 0.262 e. The van der Waals surface area contributed by atoms with E-state index in [2.05, 4.69) is 5.32 Å². The SMILES string of the molecule is CCOc1cc(CNC2CC2)ccc1OC(C)C(=O)N(C)C. The molecule has 22 heavy (non-hydrogen) atoms. The Kier molecular flexibility index (Phi) is 5.66. The number of amides is 1. The minimum absolute atomic E-state index is 0.0677. The molecule has 5 heteroatoms. The van der Waals surface area contributed by atoms with E-state index in [1.807, 2.05) is 25.1 Å². The monoisotopic (exact) mass is 306 g/mol. The molecule has 1 aliphatic rings. The lowest BCUT2D eigenvalue weighted by Crippen LogP contribution is -2.35. The van der Waals surface area contributed by atoms with Gasteiger partial charge in [-0.2, -0.15) is 0 Å². The lowest BCUT2D eigenvalue weighted by Gasteiger charge is -2.20. The molecule has 1 aromatic carbocycles. The smallest absolute Gasteiger partial charge is 0.262 e. The summed E-state index contributed by atoms with van der Waals surface area (Å²) in [6.07, 6.45) is 2.00. The van der Waals surface area contributed by atoms with Gasteiger partial charge in [-0.3, -0.25) is 4.79 Å².